The molecule has 0 unspecified atom stereocenters. The highest BCUT2D eigenvalue weighted by Crippen LogP contribution is 2.47. The first-order valence-corrected chi connectivity index (χ1v) is 37.5. The Morgan fingerprint density at radius 2 is 0.500 bits per heavy atom. The second kappa shape index (κ2) is 26.7. The molecule has 0 aliphatic heterocycles. The summed E-state index contributed by atoms with van der Waals surface area (Å²) < 4.78 is 4.51. The highest BCUT2D eigenvalue weighted by molar-refractivity contribution is 6.21. The molecule has 0 bridgehead atoms. The largest absolute Gasteiger partial charge is 0.292 e. The lowest BCUT2D eigenvalue weighted by Crippen LogP contribution is -1.98. The topological polar surface area (TPSA) is 61.4 Å². The predicted molar refractivity (Wildman–Crippen MR) is 461 cm³/mol. The van der Waals surface area contributed by atoms with Gasteiger partial charge in [-0.1, -0.05) is 328 Å². The SMILES string of the molecule is c1ccc(-c2nc3cc(-c4cc(-c5cccc6ccccc56)c5cc(-c6cccc7ccccc67)c6ccccc6c5n4)ccc3n2-c2ccccc2)cc1.c1ccc(-c2nc3ccccc3n2-c2ccc(-c3cc(-c4cccc5ccccc45)c4cc(-c5cccc6ccccc56)c5ccccc5c4n3)cc2)cc1. The van der Waals surface area contributed by atoms with Crippen molar-refractivity contribution in [2.75, 3.05) is 0 Å². The van der Waals surface area contributed by atoms with Gasteiger partial charge in [0.05, 0.1) is 44.5 Å². The van der Waals surface area contributed by atoms with Gasteiger partial charge >= 0.3 is 0 Å². The molecule has 18 aromatic carbocycles. The molecule has 4 heterocycles. The summed E-state index contributed by atoms with van der Waals surface area (Å²) in [5, 5.41) is 16.7. The summed E-state index contributed by atoms with van der Waals surface area (Å²) >= 11 is 0. The van der Waals surface area contributed by atoms with Crippen molar-refractivity contribution >= 4 is 109 Å². The van der Waals surface area contributed by atoms with E-state index in [1.165, 1.54) is 92.8 Å². The second-order valence-corrected chi connectivity index (χ2v) is 28.3. The molecule has 0 saturated carbocycles. The summed E-state index contributed by atoms with van der Waals surface area (Å²) in [5.41, 5.74) is 23.8. The van der Waals surface area contributed by atoms with Gasteiger partial charge in [0.2, 0.25) is 0 Å². The van der Waals surface area contributed by atoms with E-state index in [2.05, 4.69) is 391 Å². The molecule has 22 aromatic rings. The molecular formula is C104H66N6. The number of para-hydroxylation sites is 3. The Bertz CT molecular complexity index is 7370. The van der Waals surface area contributed by atoms with Crippen LogP contribution in [0.5, 0.6) is 0 Å². The number of hydrogen-bond donors (Lipinski definition) is 0. The molecule has 512 valence electrons. The van der Waals surface area contributed by atoms with E-state index in [1.54, 1.807) is 0 Å². The lowest BCUT2D eigenvalue weighted by molar-refractivity contribution is 1.10. The van der Waals surface area contributed by atoms with Crippen molar-refractivity contribution < 1.29 is 0 Å². The van der Waals surface area contributed by atoms with Crippen molar-refractivity contribution in [3.05, 3.63) is 400 Å². The Morgan fingerprint density at radius 1 is 0.173 bits per heavy atom. The highest BCUT2D eigenvalue weighted by Gasteiger charge is 2.24. The summed E-state index contributed by atoms with van der Waals surface area (Å²) in [6.45, 7) is 0. The van der Waals surface area contributed by atoms with Gasteiger partial charge in [-0.05, 0) is 171 Å². The van der Waals surface area contributed by atoms with E-state index in [9.17, 15) is 0 Å². The smallest absolute Gasteiger partial charge is 0.145 e. The van der Waals surface area contributed by atoms with Crippen LogP contribution in [0.2, 0.25) is 0 Å². The summed E-state index contributed by atoms with van der Waals surface area (Å²) in [5.74, 6) is 1.83. The number of pyridine rings is 2. The predicted octanol–water partition coefficient (Wildman–Crippen LogP) is 27.4. The van der Waals surface area contributed by atoms with E-state index in [0.29, 0.717) is 0 Å². The van der Waals surface area contributed by atoms with Crippen LogP contribution in [0.15, 0.2) is 400 Å². The number of hydrogen-bond acceptors (Lipinski definition) is 4. The molecule has 0 N–H and O–H groups in total. The molecule has 0 spiro atoms. The van der Waals surface area contributed by atoms with Crippen LogP contribution in [-0.2, 0) is 0 Å². The Kier molecular flexibility index (Phi) is 15.5. The molecule has 0 radical (unpaired) electrons. The molecular weight excluding hydrogens is 1330 g/mol. The Balaban J connectivity index is 0.000000140. The van der Waals surface area contributed by atoms with Crippen LogP contribution in [0.4, 0.5) is 0 Å². The lowest BCUT2D eigenvalue weighted by Gasteiger charge is -2.18. The fourth-order valence-electron chi connectivity index (χ4n) is 16.8. The number of nitrogens with zero attached hydrogens (tertiary/aromatic N) is 6. The summed E-state index contributed by atoms with van der Waals surface area (Å²) in [6, 6.07) is 143. The maximum absolute atomic E-state index is 5.55. The van der Waals surface area contributed by atoms with Crippen molar-refractivity contribution in [3.63, 3.8) is 0 Å². The normalized spacial score (nSPS) is 11.6. The van der Waals surface area contributed by atoms with Gasteiger partial charge < -0.3 is 0 Å². The summed E-state index contributed by atoms with van der Waals surface area (Å²) in [4.78, 5) is 21.4. The first-order valence-electron chi connectivity index (χ1n) is 37.5. The maximum Gasteiger partial charge on any atom is 0.145 e. The van der Waals surface area contributed by atoms with Crippen LogP contribution >= 0.6 is 0 Å². The minimum atomic E-state index is 0.911. The average molecular weight is 1400 g/mol. The van der Waals surface area contributed by atoms with Crippen LogP contribution in [0.25, 0.3) is 210 Å². The zero-order chi connectivity index (χ0) is 72.6. The molecule has 0 aliphatic carbocycles. The van der Waals surface area contributed by atoms with E-state index < -0.39 is 0 Å². The zero-order valence-corrected chi connectivity index (χ0v) is 59.8. The van der Waals surface area contributed by atoms with E-state index in [1.807, 2.05) is 18.2 Å². The third-order valence-corrected chi connectivity index (χ3v) is 22.0. The van der Waals surface area contributed by atoms with E-state index in [-0.39, 0.29) is 0 Å². The van der Waals surface area contributed by atoms with Crippen LogP contribution in [-0.4, -0.2) is 29.1 Å². The number of imidazole rings is 2. The average Bonchev–Trinajstić information content (AvgIpc) is 0.968. The third-order valence-electron chi connectivity index (χ3n) is 22.0. The van der Waals surface area contributed by atoms with Gasteiger partial charge in [0.1, 0.15) is 11.6 Å². The molecule has 110 heavy (non-hydrogen) atoms. The Hall–Kier alpha value is -14.7. The van der Waals surface area contributed by atoms with Gasteiger partial charge in [-0.2, -0.15) is 0 Å². The fraction of sp³-hybridized carbons (Fsp3) is 0. The second-order valence-electron chi connectivity index (χ2n) is 28.3. The van der Waals surface area contributed by atoms with Gasteiger partial charge in [0.25, 0.3) is 0 Å². The van der Waals surface area contributed by atoms with Gasteiger partial charge in [0, 0.05) is 55.2 Å². The third kappa shape index (κ3) is 11.0. The first-order chi connectivity index (χ1) is 54.6. The van der Waals surface area contributed by atoms with E-state index >= 15 is 0 Å². The zero-order valence-electron chi connectivity index (χ0n) is 59.8. The van der Waals surface area contributed by atoms with Gasteiger partial charge in [0.15, 0.2) is 0 Å². The van der Waals surface area contributed by atoms with Crippen molar-refractivity contribution in [3.8, 4) is 101 Å². The standard InChI is InChI=1S/2C52H33N3/c1-3-17-36(18-4-1)52-54-49-31-37(29-30-50(49)55(52)38-21-5-2-6-22-38)48-33-46(42-28-14-20-35-16-8-10-24-40(35)42)47-32-45(43-25-11-12-26-44(43)51(47)53-48)41-27-13-19-34-15-7-9-23-39(34)41;1-2-16-37(17-3-1)52-54-48-26-10-11-27-50(48)55(52)38-30-28-36(29-31-38)49-33-46(42-25-13-19-35-15-5-7-21-40(35)42)47-32-45(43-22-8-9-23-44(43)51(47)53-49)41-24-12-18-34-14-4-6-20-39(34)41/h2*1-33H. The number of rotatable bonds is 10. The van der Waals surface area contributed by atoms with E-state index in [4.69, 9.17) is 19.9 Å². The van der Waals surface area contributed by atoms with Crippen LogP contribution in [0.3, 0.4) is 0 Å². The number of benzene rings is 18. The van der Waals surface area contributed by atoms with Crippen LogP contribution in [0.1, 0.15) is 0 Å². The first kappa shape index (κ1) is 63.7. The summed E-state index contributed by atoms with van der Waals surface area (Å²) in [7, 11) is 0. The molecule has 22 rings (SSSR count). The molecule has 0 aliphatic rings. The molecule has 6 nitrogen and oxygen atoms in total. The lowest BCUT2D eigenvalue weighted by atomic mass is 9.88. The van der Waals surface area contributed by atoms with Crippen LogP contribution < -0.4 is 0 Å². The highest BCUT2D eigenvalue weighted by atomic mass is 15.1. The Labute approximate surface area is 635 Å². The Morgan fingerprint density at radius 3 is 0.955 bits per heavy atom. The summed E-state index contributed by atoms with van der Waals surface area (Å²) in [6.07, 6.45) is 0. The van der Waals surface area contributed by atoms with Crippen LogP contribution in [0, 0.1) is 0 Å². The molecule has 0 atom stereocenters. The maximum atomic E-state index is 5.55. The van der Waals surface area contributed by atoms with Gasteiger partial charge in [-0.25, -0.2) is 19.9 Å². The van der Waals surface area contributed by atoms with E-state index in [0.717, 1.165) is 117 Å². The minimum Gasteiger partial charge on any atom is -0.292 e. The minimum absolute atomic E-state index is 0.911. The number of fused-ring (bicyclic) bond motifs is 12. The molecule has 6 heteroatoms. The van der Waals surface area contributed by atoms with Gasteiger partial charge in [-0.15, -0.1) is 0 Å². The fourth-order valence-corrected chi connectivity index (χ4v) is 16.8. The molecule has 4 aromatic heterocycles. The van der Waals surface area contributed by atoms with Crippen molar-refractivity contribution in [1.29, 1.82) is 0 Å². The monoisotopic (exact) mass is 1400 g/mol. The van der Waals surface area contributed by atoms with Crippen molar-refractivity contribution in [1.82, 2.24) is 29.1 Å². The van der Waals surface area contributed by atoms with Gasteiger partial charge in [-0.3, -0.25) is 9.13 Å². The van der Waals surface area contributed by atoms with Crippen molar-refractivity contribution in [2.45, 2.75) is 0 Å². The van der Waals surface area contributed by atoms with Crippen molar-refractivity contribution in [2.24, 2.45) is 0 Å². The molecule has 0 amide bonds. The molecule has 0 fully saturated rings. The quantitative estimate of drug-likeness (QED) is 0.128. The number of aromatic nitrogens is 6. The molecule has 0 saturated heterocycles.